The van der Waals surface area contributed by atoms with Gasteiger partial charge in [0.2, 0.25) is 11.8 Å². The maximum absolute atomic E-state index is 11.7. The molecule has 0 spiro atoms. The number of carbonyl (C=O) groups excluding carboxylic acids is 1. The number of anilines is 1. The molecule has 90 valence electrons. The second-order valence-corrected chi connectivity index (χ2v) is 3.96. The van der Waals surface area contributed by atoms with Crippen LogP contribution < -0.4 is 10.1 Å². The van der Waals surface area contributed by atoms with E-state index in [0.717, 1.165) is 12.8 Å². The molecule has 1 aromatic heterocycles. The number of nitrogens with one attached hydrogen (secondary N) is 1. The van der Waals surface area contributed by atoms with E-state index in [0.29, 0.717) is 24.0 Å². The molecule has 0 aliphatic heterocycles. The standard InChI is InChI=1S/C12H15N3O2/c1-17-12-7-10(13-8-14-12)15-11(16)6-9-4-2-3-5-9/h2,4,7-9H,3,5-6H2,1H3,(H,13,14,15,16)/t9-/m1/s1. The van der Waals surface area contributed by atoms with Crippen molar-refractivity contribution in [2.24, 2.45) is 5.92 Å². The van der Waals surface area contributed by atoms with Crippen molar-refractivity contribution >= 4 is 11.7 Å². The highest BCUT2D eigenvalue weighted by Gasteiger charge is 2.14. The van der Waals surface area contributed by atoms with Crippen LogP contribution in [-0.4, -0.2) is 23.0 Å². The molecule has 1 aliphatic carbocycles. The molecule has 17 heavy (non-hydrogen) atoms. The monoisotopic (exact) mass is 233 g/mol. The molecule has 5 heteroatoms. The third-order valence-electron chi connectivity index (χ3n) is 2.68. The topological polar surface area (TPSA) is 64.1 Å². The van der Waals surface area contributed by atoms with Crippen molar-refractivity contribution in [2.75, 3.05) is 12.4 Å². The normalized spacial score (nSPS) is 18.1. The summed E-state index contributed by atoms with van der Waals surface area (Å²) in [4.78, 5) is 19.6. The molecule has 1 aromatic rings. The Morgan fingerprint density at radius 1 is 1.59 bits per heavy atom. The lowest BCUT2D eigenvalue weighted by Crippen LogP contribution is -2.15. The lowest BCUT2D eigenvalue weighted by Gasteiger charge is -2.08. The van der Waals surface area contributed by atoms with E-state index in [1.807, 2.05) is 0 Å². The van der Waals surface area contributed by atoms with Crippen LogP contribution in [0.4, 0.5) is 5.82 Å². The third-order valence-corrected chi connectivity index (χ3v) is 2.68. The van der Waals surface area contributed by atoms with Gasteiger partial charge in [0.25, 0.3) is 0 Å². The maximum atomic E-state index is 11.7. The van der Waals surface area contributed by atoms with Gasteiger partial charge in [-0.1, -0.05) is 12.2 Å². The molecule has 1 amide bonds. The summed E-state index contributed by atoms with van der Waals surface area (Å²) < 4.78 is 4.96. The third kappa shape index (κ3) is 3.27. The molecule has 1 N–H and O–H groups in total. The quantitative estimate of drug-likeness (QED) is 0.805. The molecule has 0 fully saturated rings. The average Bonchev–Trinajstić information content (AvgIpc) is 2.82. The van der Waals surface area contributed by atoms with Crippen molar-refractivity contribution in [3.8, 4) is 5.88 Å². The van der Waals surface area contributed by atoms with E-state index >= 15 is 0 Å². The van der Waals surface area contributed by atoms with E-state index in [1.165, 1.54) is 13.4 Å². The Labute approximate surface area is 99.9 Å². The van der Waals surface area contributed by atoms with Crippen LogP contribution in [0.2, 0.25) is 0 Å². The summed E-state index contributed by atoms with van der Waals surface area (Å²) in [5.41, 5.74) is 0. The van der Waals surface area contributed by atoms with Gasteiger partial charge in [0.1, 0.15) is 12.1 Å². The summed E-state index contributed by atoms with van der Waals surface area (Å²) >= 11 is 0. The second-order valence-electron chi connectivity index (χ2n) is 3.96. The fraction of sp³-hybridized carbons (Fsp3) is 0.417. The predicted molar refractivity (Wildman–Crippen MR) is 63.7 cm³/mol. The van der Waals surface area contributed by atoms with Crippen LogP contribution in [0, 0.1) is 5.92 Å². The first-order valence-corrected chi connectivity index (χ1v) is 5.60. The van der Waals surface area contributed by atoms with Gasteiger partial charge in [-0.2, -0.15) is 0 Å². The first kappa shape index (κ1) is 11.6. The van der Waals surface area contributed by atoms with Crippen molar-refractivity contribution in [3.63, 3.8) is 0 Å². The van der Waals surface area contributed by atoms with Crippen LogP contribution in [0.3, 0.4) is 0 Å². The van der Waals surface area contributed by atoms with E-state index in [9.17, 15) is 4.79 Å². The van der Waals surface area contributed by atoms with Crippen molar-refractivity contribution < 1.29 is 9.53 Å². The van der Waals surface area contributed by atoms with Gasteiger partial charge < -0.3 is 10.1 Å². The summed E-state index contributed by atoms with van der Waals surface area (Å²) in [5.74, 6) is 1.25. The van der Waals surface area contributed by atoms with Crippen molar-refractivity contribution in [2.45, 2.75) is 19.3 Å². The van der Waals surface area contributed by atoms with E-state index in [-0.39, 0.29) is 5.91 Å². The highest BCUT2D eigenvalue weighted by molar-refractivity contribution is 5.90. The summed E-state index contributed by atoms with van der Waals surface area (Å²) in [5, 5.41) is 2.74. The largest absolute Gasteiger partial charge is 0.481 e. The van der Waals surface area contributed by atoms with Gasteiger partial charge in [-0.15, -0.1) is 0 Å². The Morgan fingerprint density at radius 2 is 2.47 bits per heavy atom. The number of ether oxygens (including phenoxy) is 1. The Balaban J connectivity index is 1.90. The summed E-state index contributed by atoms with van der Waals surface area (Å²) in [7, 11) is 1.53. The van der Waals surface area contributed by atoms with Crippen LogP contribution in [0.25, 0.3) is 0 Å². The van der Waals surface area contributed by atoms with Crippen molar-refractivity contribution in [1.29, 1.82) is 0 Å². The first-order valence-electron chi connectivity index (χ1n) is 5.60. The van der Waals surface area contributed by atoms with Crippen molar-refractivity contribution in [3.05, 3.63) is 24.5 Å². The number of nitrogens with zero attached hydrogens (tertiary/aromatic N) is 2. The number of hydrogen-bond donors (Lipinski definition) is 1. The Morgan fingerprint density at radius 3 is 3.18 bits per heavy atom. The zero-order valence-electron chi connectivity index (χ0n) is 9.72. The summed E-state index contributed by atoms with van der Waals surface area (Å²) in [6.07, 6.45) is 8.21. The van der Waals surface area contributed by atoms with E-state index in [4.69, 9.17) is 4.74 Å². The Hall–Kier alpha value is -1.91. The highest BCUT2D eigenvalue weighted by atomic mass is 16.5. The number of rotatable bonds is 4. The van der Waals surface area contributed by atoms with E-state index in [1.54, 1.807) is 6.07 Å². The van der Waals surface area contributed by atoms with Gasteiger partial charge in [-0.05, 0) is 18.8 Å². The number of methoxy groups -OCH3 is 1. The predicted octanol–water partition coefficient (Wildman–Crippen LogP) is 1.78. The first-order chi connectivity index (χ1) is 8.28. The number of allylic oxidation sites excluding steroid dienone is 2. The second kappa shape index (κ2) is 5.43. The van der Waals surface area contributed by atoms with Crippen LogP contribution >= 0.6 is 0 Å². The molecule has 2 rings (SSSR count). The van der Waals surface area contributed by atoms with Gasteiger partial charge in [-0.25, -0.2) is 9.97 Å². The lowest BCUT2D eigenvalue weighted by atomic mass is 10.1. The number of aromatic nitrogens is 2. The van der Waals surface area contributed by atoms with Crippen LogP contribution in [-0.2, 0) is 4.79 Å². The SMILES string of the molecule is COc1cc(NC(=O)C[C@@H]2C=CCC2)ncn1. The van der Waals surface area contributed by atoms with Gasteiger partial charge in [0, 0.05) is 12.5 Å². The van der Waals surface area contributed by atoms with Gasteiger partial charge in [0.05, 0.1) is 7.11 Å². The van der Waals surface area contributed by atoms with Gasteiger partial charge >= 0.3 is 0 Å². The smallest absolute Gasteiger partial charge is 0.226 e. The van der Waals surface area contributed by atoms with Crippen LogP contribution in [0.15, 0.2) is 24.5 Å². The molecule has 0 unspecified atom stereocenters. The molecule has 5 nitrogen and oxygen atoms in total. The lowest BCUT2D eigenvalue weighted by molar-refractivity contribution is -0.116. The summed E-state index contributed by atoms with van der Waals surface area (Å²) in [6.45, 7) is 0. The summed E-state index contributed by atoms with van der Waals surface area (Å²) in [6, 6.07) is 1.60. The zero-order chi connectivity index (χ0) is 12.1. The van der Waals surface area contributed by atoms with Crippen molar-refractivity contribution in [1.82, 2.24) is 9.97 Å². The van der Waals surface area contributed by atoms with Crippen LogP contribution in [0.5, 0.6) is 5.88 Å². The minimum Gasteiger partial charge on any atom is -0.481 e. The molecular weight excluding hydrogens is 218 g/mol. The molecule has 0 saturated heterocycles. The maximum Gasteiger partial charge on any atom is 0.226 e. The van der Waals surface area contributed by atoms with Gasteiger partial charge in [0.15, 0.2) is 0 Å². The highest BCUT2D eigenvalue weighted by Crippen LogP contribution is 2.21. The minimum atomic E-state index is -0.0256. The van der Waals surface area contributed by atoms with E-state index in [2.05, 4.69) is 27.4 Å². The minimum absolute atomic E-state index is 0.0256. The van der Waals surface area contributed by atoms with Gasteiger partial charge in [-0.3, -0.25) is 4.79 Å². The fourth-order valence-corrected chi connectivity index (χ4v) is 1.82. The fourth-order valence-electron chi connectivity index (χ4n) is 1.82. The molecule has 0 radical (unpaired) electrons. The molecule has 0 bridgehead atoms. The molecule has 0 saturated carbocycles. The molecular formula is C12H15N3O2. The Bertz CT molecular complexity index is 432. The number of amides is 1. The van der Waals surface area contributed by atoms with Crippen LogP contribution in [0.1, 0.15) is 19.3 Å². The number of carbonyl (C=O) groups is 1. The Kier molecular flexibility index (Phi) is 3.69. The molecule has 1 atom stereocenters. The van der Waals surface area contributed by atoms with E-state index < -0.39 is 0 Å². The molecule has 0 aromatic carbocycles. The molecule has 1 heterocycles. The zero-order valence-corrected chi connectivity index (χ0v) is 9.72. The number of hydrogen-bond acceptors (Lipinski definition) is 4. The average molecular weight is 233 g/mol. The molecule has 1 aliphatic rings.